The van der Waals surface area contributed by atoms with Gasteiger partial charge in [-0.25, -0.2) is 4.98 Å². The lowest BCUT2D eigenvalue weighted by Crippen LogP contribution is -2.13. The number of nitrogens with two attached hydrogens (primary N) is 1. The van der Waals surface area contributed by atoms with Crippen molar-refractivity contribution in [3.63, 3.8) is 0 Å². The molecule has 1 aliphatic rings. The molecule has 19 heavy (non-hydrogen) atoms. The normalized spacial score (nSPS) is 13.1. The number of rotatable bonds is 3. The topological polar surface area (TPSA) is 48.1 Å². The van der Waals surface area contributed by atoms with Gasteiger partial charge in [-0.3, -0.25) is 0 Å². The number of hydrogen-bond acceptors (Lipinski definition) is 3. The minimum atomic E-state index is 0.327. The van der Waals surface area contributed by atoms with Crippen LogP contribution in [0, 0.1) is 0 Å². The van der Waals surface area contributed by atoms with Crippen molar-refractivity contribution in [1.29, 1.82) is 0 Å². The number of fused-ring (bicyclic) bond motifs is 1. The number of hydrogen-bond donors (Lipinski definition) is 1. The lowest BCUT2D eigenvalue weighted by molar-refractivity contribution is 0.460. The van der Waals surface area contributed by atoms with Crippen LogP contribution in [0.3, 0.4) is 0 Å². The Hall–Kier alpha value is -1.94. The van der Waals surface area contributed by atoms with Crippen molar-refractivity contribution in [2.45, 2.75) is 19.3 Å². The molecule has 0 bridgehead atoms. The highest BCUT2D eigenvalue weighted by Gasteiger charge is 2.18. The second-order valence-corrected chi connectivity index (χ2v) is 5.02. The Morgan fingerprint density at radius 2 is 2.00 bits per heavy atom. The zero-order chi connectivity index (χ0) is 13.2. The van der Waals surface area contributed by atoms with Gasteiger partial charge in [0.15, 0.2) is 0 Å². The SMILES string of the molecule is NC(=S)c1cc2c(nc1Oc1ccccc1)CCC2. The fourth-order valence-electron chi connectivity index (χ4n) is 2.31. The summed E-state index contributed by atoms with van der Waals surface area (Å²) in [5.41, 5.74) is 8.84. The van der Waals surface area contributed by atoms with Gasteiger partial charge in [-0.05, 0) is 43.0 Å². The molecule has 1 aromatic heterocycles. The van der Waals surface area contributed by atoms with Crippen molar-refractivity contribution in [1.82, 2.24) is 4.98 Å². The maximum Gasteiger partial charge on any atom is 0.229 e. The third-order valence-electron chi connectivity index (χ3n) is 3.24. The summed E-state index contributed by atoms with van der Waals surface area (Å²) >= 11 is 5.09. The quantitative estimate of drug-likeness (QED) is 0.871. The molecule has 4 heteroatoms. The summed E-state index contributed by atoms with van der Waals surface area (Å²) < 4.78 is 5.82. The first-order chi connectivity index (χ1) is 9.24. The van der Waals surface area contributed by atoms with Crippen molar-refractivity contribution in [3.8, 4) is 11.6 Å². The summed E-state index contributed by atoms with van der Waals surface area (Å²) in [6.45, 7) is 0. The molecule has 2 aromatic rings. The van der Waals surface area contributed by atoms with Crippen LogP contribution >= 0.6 is 12.2 Å². The fraction of sp³-hybridized carbons (Fsp3) is 0.200. The Labute approximate surface area is 117 Å². The van der Waals surface area contributed by atoms with Crippen LogP contribution in [-0.2, 0) is 12.8 Å². The molecule has 1 aliphatic carbocycles. The zero-order valence-corrected chi connectivity index (χ0v) is 11.2. The molecule has 0 atom stereocenters. The van der Waals surface area contributed by atoms with E-state index in [1.54, 1.807) is 0 Å². The molecule has 96 valence electrons. The average molecular weight is 270 g/mol. The van der Waals surface area contributed by atoms with E-state index in [1.165, 1.54) is 5.56 Å². The highest BCUT2D eigenvalue weighted by molar-refractivity contribution is 7.80. The van der Waals surface area contributed by atoms with E-state index in [9.17, 15) is 0 Å². The smallest absolute Gasteiger partial charge is 0.229 e. The average Bonchev–Trinajstić information content (AvgIpc) is 2.86. The number of aryl methyl sites for hydroxylation is 2. The van der Waals surface area contributed by atoms with Crippen LogP contribution in [0.4, 0.5) is 0 Å². The predicted molar refractivity (Wildman–Crippen MR) is 78.7 cm³/mol. The second-order valence-electron chi connectivity index (χ2n) is 4.58. The first kappa shape index (κ1) is 12.1. The number of pyridine rings is 1. The summed E-state index contributed by atoms with van der Waals surface area (Å²) in [4.78, 5) is 4.91. The van der Waals surface area contributed by atoms with E-state index in [0.29, 0.717) is 10.9 Å². The third kappa shape index (κ3) is 2.44. The predicted octanol–water partition coefficient (Wildman–Crippen LogP) is 3.00. The molecule has 0 spiro atoms. The second kappa shape index (κ2) is 4.97. The van der Waals surface area contributed by atoms with Gasteiger partial charge in [0.2, 0.25) is 5.88 Å². The lowest BCUT2D eigenvalue weighted by Gasteiger charge is -2.11. The monoisotopic (exact) mass is 270 g/mol. The minimum Gasteiger partial charge on any atom is -0.438 e. The Kier molecular flexibility index (Phi) is 3.17. The minimum absolute atomic E-state index is 0.327. The molecule has 2 N–H and O–H groups in total. The molecule has 3 rings (SSSR count). The van der Waals surface area contributed by atoms with E-state index in [2.05, 4.69) is 4.98 Å². The first-order valence-corrected chi connectivity index (χ1v) is 6.70. The van der Waals surface area contributed by atoms with Crippen LogP contribution < -0.4 is 10.5 Å². The number of para-hydroxylation sites is 1. The molecular formula is C15H14N2OS. The standard InChI is InChI=1S/C15H14N2OS/c16-14(19)12-9-10-5-4-8-13(10)17-15(12)18-11-6-2-1-3-7-11/h1-3,6-7,9H,4-5,8H2,(H2,16,19). The molecule has 0 saturated heterocycles. The van der Waals surface area contributed by atoms with Crippen molar-refractivity contribution in [3.05, 3.63) is 53.2 Å². The number of thiocarbonyl (C=S) groups is 1. The van der Waals surface area contributed by atoms with Crippen LogP contribution in [0.5, 0.6) is 11.6 Å². The van der Waals surface area contributed by atoms with Gasteiger partial charge >= 0.3 is 0 Å². The van der Waals surface area contributed by atoms with Crippen molar-refractivity contribution < 1.29 is 4.74 Å². The molecule has 3 nitrogen and oxygen atoms in total. The van der Waals surface area contributed by atoms with E-state index in [-0.39, 0.29) is 0 Å². The van der Waals surface area contributed by atoms with E-state index < -0.39 is 0 Å². The van der Waals surface area contributed by atoms with E-state index >= 15 is 0 Å². The molecule has 0 saturated carbocycles. The molecule has 1 aromatic carbocycles. The fourth-order valence-corrected chi connectivity index (χ4v) is 2.45. The molecule has 0 fully saturated rings. The van der Waals surface area contributed by atoms with Gasteiger partial charge in [0.05, 0.1) is 5.56 Å². The summed E-state index contributed by atoms with van der Waals surface area (Å²) in [6, 6.07) is 11.6. The number of ether oxygens (including phenoxy) is 1. The number of nitrogens with zero attached hydrogens (tertiary/aromatic N) is 1. The van der Waals surface area contributed by atoms with Crippen LogP contribution in [0.2, 0.25) is 0 Å². The highest BCUT2D eigenvalue weighted by Crippen LogP contribution is 2.29. The van der Waals surface area contributed by atoms with Crippen LogP contribution in [0.15, 0.2) is 36.4 Å². The van der Waals surface area contributed by atoms with E-state index in [0.717, 1.165) is 36.3 Å². The number of aromatic nitrogens is 1. The molecular weight excluding hydrogens is 256 g/mol. The summed E-state index contributed by atoms with van der Waals surface area (Å²) in [7, 11) is 0. The van der Waals surface area contributed by atoms with Gasteiger partial charge in [0.1, 0.15) is 10.7 Å². The van der Waals surface area contributed by atoms with Gasteiger partial charge in [-0.1, -0.05) is 30.4 Å². The Morgan fingerprint density at radius 1 is 1.21 bits per heavy atom. The van der Waals surface area contributed by atoms with Gasteiger partial charge in [-0.15, -0.1) is 0 Å². The van der Waals surface area contributed by atoms with E-state index in [1.807, 2.05) is 36.4 Å². The van der Waals surface area contributed by atoms with Gasteiger partial charge < -0.3 is 10.5 Å². The molecule has 1 heterocycles. The summed E-state index contributed by atoms with van der Waals surface area (Å²) in [5.74, 6) is 1.25. The van der Waals surface area contributed by atoms with Crippen LogP contribution in [0.25, 0.3) is 0 Å². The molecule has 0 radical (unpaired) electrons. The van der Waals surface area contributed by atoms with Gasteiger partial charge in [-0.2, -0.15) is 0 Å². The maximum absolute atomic E-state index is 5.82. The maximum atomic E-state index is 5.82. The molecule has 0 aliphatic heterocycles. The molecule has 0 unspecified atom stereocenters. The zero-order valence-electron chi connectivity index (χ0n) is 10.4. The molecule has 0 amide bonds. The summed E-state index contributed by atoms with van der Waals surface area (Å²) in [5, 5.41) is 0. The van der Waals surface area contributed by atoms with Crippen LogP contribution in [-0.4, -0.2) is 9.97 Å². The number of benzene rings is 1. The Balaban J connectivity index is 2.02. The Bertz CT molecular complexity index is 626. The van der Waals surface area contributed by atoms with Gasteiger partial charge in [0.25, 0.3) is 0 Å². The van der Waals surface area contributed by atoms with Crippen LogP contribution in [0.1, 0.15) is 23.2 Å². The summed E-state index contributed by atoms with van der Waals surface area (Å²) in [6.07, 6.45) is 3.18. The first-order valence-electron chi connectivity index (χ1n) is 6.29. The highest BCUT2D eigenvalue weighted by atomic mass is 32.1. The Morgan fingerprint density at radius 3 is 2.74 bits per heavy atom. The van der Waals surface area contributed by atoms with Crippen molar-refractivity contribution in [2.24, 2.45) is 5.73 Å². The van der Waals surface area contributed by atoms with Crippen molar-refractivity contribution in [2.75, 3.05) is 0 Å². The van der Waals surface area contributed by atoms with Gasteiger partial charge in [0, 0.05) is 5.69 Å². The largest absolute Gasteiger partial charge is 0.438 e. The van der Waals surface area contributed by atoms with E-state index in [4.69, 9.17) is 22.7 Å². The third-order valence-corrected chi connectivity index (χ3v) is 3.46. The lowest BCUT2D eigenvalue weighted by atomic mass is 10.1. The van der Waals surface area contributed by atoms with Crippen molar-refractivity contribution >= 4 is 17.2 Å².